The number of urea groups is 1. The van der Waals surface area contributed by atoms with Crippen molar-refractivity contribution < 1.29 is 32.7 Å². The van der Waals surface area contributed by atoms with Gasteiger partial charge in [0, 0.05) is 6.07 Å². The Morgan fingerprint density at radius 1 is 1.31 bits per heavy atom. The fourth-order valence-corrected chi connectivity index (χ4v) is 2.23. The third-order valence-electron chi connectivity index (χ3n) is 3.91. The molecule has 1 aromatic carbocycles. The second-order valence-corrected chi connectivity index (χ2v) is 5.84. The summed E-state index contributed by atoms with van der Waals surface area (Å²) in [5.41, 5.74) is -1.50. The third-order valence-corrected chi connectivity index (χ3v) is 3.91. The number of carbonyl (C=O) groups is 4. The summed E-state index contributed by atoms with van der Waals surface area (Å²) in [6, 6.07) is 1.75. The van der Waals surface area contributed by atoms with Crippen LogP contribution in [0.2, 0.25) is 0 Å². The molecule has 0 saturated carbocycles. The smallest absolute Gasteiger partial charge is 0.326 e. The molecule has 2 rings (SSSR count). The first-order valence-corrected chi connectivity index (χ1v) is 7.71. The topological polar surface area (TPSA) is 105 Å². The Balaban J connectivity index is 1.87. The molecule has 0 aliphatic carbocycles. The Hall–Kier alpha value is -3.04. The predicted octanol–water partition coefficient (Wildman–Crippen LogP) is 1.17. The van der Waals surface area contributed by atoms with Gasteiger partial charge in [-0.15, -0.1) is 0 Å². The lowest BCUT2D eigenvalue weighted by molar-refractivity contribution is -0.150. The van der Waals surface area contributed by atoms with Gasteiger partial charge in [0.2, 0.25) is 0 Å². The SMILES string of the molecule is CCC1(C)NC(=O)N(CC(=O)OCC(=O)Nc2cc(F)ccc2F)C1=O. The number of ether oxygens (including phenoxy) is 1. The largest absolute Gasteiger partial charge is 0.454 e. The predicted molar refractivity (Wildman–Crippen MR) is 84.9 cm³/mol. The molecule has 0 aromatic heterocycles. The van der Waals surface area contributed by atoms with E-state index in [2.05, 4.69) is 10.1 Å². The molecule has 1 heterocycles. The van der Waals surface area contributed by atoms with Crippen LogP contribution in [0.15, 0.2) is 18.2 Å². The van der Waals surface area contributed by atoms with Crippen LogP contribution in [-0.2, 0) is 19.1 Å². The molecule has 1 atom stereocenters. The summed E-state index contributed by atoms with van der Waals surface area (Å²) in [5, 5.41) is 4.52. The molecule has 1 fully saturated rings. The van der Waals surface area contributed by atoms with Gasteiger partial charge in [0.05, 0.1) is 5.69 Å². The number of imide groups is 1. The first-order valence-electron chi connectivity index (χ1n) is 7.71. The van der Waals surface area contributed by atoms with E-state index in [0.717, 1.165) is 18.2 Å². The molecule has 2 N–H and O–H groups in total. The average Bonchev–Trinajstić information content (AvgIpc) is 2.80. The molecule has 10 heteroatoms. The fourth-order valence-electron chi connectivity index (χ4n) is 2.23. The van der Waals surface area contributed by atoms with Crippen LogP contribution in [0.1, 0.15) is 20.3 Å². The number of nitrogens with zero attached hydrogens (tertiary/aromatic N) is 1. The van der Waals surface area contributed by atoms with E-state index in [9.17, 15) is 28.0 Å². The number of carbonyl (C=O) groups excluding carboxylic acids is 4. The molecular formula is C16H17F2N3O5. The van der Waals surface area contributed by atoms with Crippen molar-refractivity contribution in [3.8, 4) is 0 Å². The highest BCUT2D eigenvalue weighted by Gasteiger charge is 2.47. The number of rotatable bonds is 6. The van der Waals surface area contributed by atoms with Crippen molar-refractivity contribution in [1.29, 1.82) is 0 Å². The highest BCUT2D eigenvalue weighted by Crippen LogP contribution is 2.20. The summed E-state index contributed by atoms with van der Waals surface area (Å²) in [6.45, 7) is 1.78. The quantitative estimate of drug-likeness (QED) is 0.579. The van der Waals surface area contributed by atoms with Gasteiger partial charge in [0.15, 0.2) is 6.61 Å². The van der Waals surface area contributed by atoms with Crippen molar-refractivity contribution in [3.63, 3.8) is 0 Å². The van der Waals surface area contributed by atoms with Gasteiger partial charge in [-0.05, 0) is 25.5 Å². The van der Waals surface area contributed by atoms with Crippen LogP contribution >= 0.6 is 0 Å². The third kappa shape index (κ3) is 4.13. The van der Waals surface area contributed by atoms with Crippen molar-refractivity contribution in [2.24, 2.45) is 0 Å². The second-order valence-electron chi connectivity index (χ2n) is 5.84. The highest BCUT2D eigenvalue weighted by molar-refractivity contribution is 6.08. The van der Waals surface area contributed by atoms with Gasteiger partial charge in [-0.1, -0.05) is 6.92 Å². The van der Waals surface area contributed by atoms with Gasteiger partial charge in [-0.2, -0.15) is 0 Å². The molecule has 4 amide bonds. The van der Waals surface area contributed by atoms with Gasteiger partial charge in [-0.3, -0.25) is 19.3 Å². The molecule has 1 aliphatic rings. The number of anilines is 1. The number of hydrogen-bond donors (Lipinski definition) is 2. The molecule has 0 radical (unpaired) electrons. The van der Waals surface area contributed by atoms with Gasteiger partial charge in [0.1, 0.15) is 23.7 Å². The number of benzene rings is 1. The van der Waals surface area contributed by atoms with Gasteiger partial charge in [0.25, 0.3) is 11.8 Å². The van der Waals surface area contributed by atoms with Crippen LogP contribution in [0.4, 0.5) is 19.3 Å². The number of nitrogens with one attached hydrogen (secondary N) is 2. The van der Waals surface area contributed by atoms with E-state index in [0.29, 0.717) is 11.3 Å². The van der Waals surface area contributed by atoms with E-state index >= 15 is 0 Å². The van der Waals surface area contributed by atoms with Crippen LogP contribution in [0, 0.1) is 11.6 Å². The minimum atomic E-state index is -1.09. The standard InChI is InChI=1S/C16H17F2N3O5/c1-3-16(2)14(24)21(15(25)20-16)7-13(23)26-8-12(22)19-11-6-9(17)4-5-10(11)18/h4-6H,3,7-8H2,1-2H3,(H,19,22)(H,20,25). The van der Waals surface area contributed by atoms with Crippen molar-refractivity contribution >= 4 is 29.5 Å². The molecule has 1 aliphatic heterocycles. The minimum absolute atomic E-state index is 0.338. The van der Waals surface area contributed by atoms with Crippen molar-refractivity contribution in [3.05, 3.63) is 29.8 Å². The zero-order valence-electron chi connectivity index (χ0n) is 14.1. The van der Waals surface area contributed by atoms with Crippen LogP contribution in [0.25, 0.3) is 0 Å². The maximum atomic E-state index is 13.4. The van der Waals surface area contributed by atoms with E-state index in [1.165, 1.54) is 6.92 Å². The Morgan fingerprint density at radius 2 is 2.00 bits per heavy atom. The Morgan fingerprint density at radius 3 is 2.62 bits per heavy atom. The number of halogens is 2. The first kappa shape index (κ1) is 19.3. The summed E-state index contributed by atoms with van der Waals surface area (Å²) < 4.78 is 31.1. The summed E-state index contributed by atoms with van der Waals surface area (Å²) >= 11 is 0. The summed E-state index contributed by atoms with van der Waals surface area (Å²) in [6.07, 6.45) is 0.338. The maximum absolute atomic E-state index is 13.4. The second kappa shape index (κ2) is 7.46. The molecule has 0 bridgehead atoms. The monoisotopic (exact) mass is 369 g/mol. The molecule has 8 nitrogen and oxygen atoms in total. The van der Waals surface area contributed by atoms with Crippen LogP contribution in [0.3, 0.4) is 0 Å². The normalized spacial score (nSPS) is 19.3. The molecule has 1 unspecified atom stereocenters. The lowest BCUT2D eigenvalue weighted by Gasteiger charge is -2.18. The van der Waals surface area contributed by atoms with E-state index in [1.54, 1.807) is 6.92 Å². The Kier molecular flexibility index (Phi) is 5.53. The Labute approximate surface area is 147 Å². The lowest BCUT2D eigenvalue weighted by Crippen LogP contribution is -2.43. The molecule has 1 aromatic rings. The van der Waals surface area contributed by atoms with E-state index in [-0.39, 0.29) is 0 Å². The molecule has 140 valence electrons. The summed E-state index contributed by atoms with van der Waals surface area (Å²) in [5.74, 6) is -4.09. The van der Waals surface area contributed by atoms with Crippen molar-refractivity contribution in [2.75, 3.05) is 18.5 Å². The van der Waals surface area contributed by atoms with Gasteiger partial charge >= 0.3 is 12.0 Å². The first-order chi connectivity index (χ1) is 12.2. The van der Waals surface area contributed by atoms with Crippen molar-refractivity contribution in [2.45, 2.75) is 25.8 Å². The minimum Gasteiger partial charge on any atom is -0.454 e. The van der Waals surface area contributed by atoms with Gasteiger partial charge < -0.3 is 15.4 Å². The molecule has 1 saturated heterocycles. The molecule has 0 spiro atoms. The Bertz CT molecular complexity index is 770. The van der Waals surface area contributed by atoms with E-state index in [4.69, 9.17) is 0 Å². The fraction of sp³-hybridized carbons (Fsp3) is 0.375. The molecular weight excluding hydrogens is 352 g/mol. The van der Waals surface area contributed by atoms with E-state index in [1.807, 2.05) is 5.32 Å². The summed E-state index contributed by atoms with van der Waals surface area (Å²) in [7, 11) is 0. The number of esters is 1. The number of amides is 4. The zero-order chi connectivity index (χ0) is 19.5. The lowest BCUT2D eigenvalue weighted by atomic mass is 9.99. The van der Waals surface area contributed by atoms with Crippen LogP contribution in [-0.4, -0.2) is 47.4 Å². The van der Waals surface area contributed by atoms with Crippen LogP contribution in [0.5, 0.6) is 0 Å². The van der Waals surface area contributed by atoms with E-state index < -0.39 is 59.8 Å². The number of hydrogen-bond acceptors (Lipinski definition) is 5. The summed E-state index contributed by atoms with van der Waals surface area (Å²) in [4.78, 5) is 48.0. The average molecular weight is 369 g/mol. The van der Waals surface area contributed by atoms with Crippen LogP contribution < -0.4 is 10.6 Å². The maximum Gasteiger partial charge on any atom is 0.326 e. The van der Waals surface area contributed by atoms with Gasteiger partial charge in [-0.25, -0.2) is 13.6 Å². The van der Waals surface area contributed by atoms with Crippen molar-refractivity contribution in [1.82, 2.24) is 10.2 Å². The highest BCUT2D eigenvalue weighted by atomic mass is 19.1. The zero-order valence-corrected chi connectivity index (χ0v) is 14.1. The molecule has 26 heavy (non-hydrogen) atoms.